The van der Waals surface area contributed by atoms with Crippen molar-refractivity contribution in [3.63, 3.8) is 0 Å². The average Bonchev–Trinajstić information content (AvgIpc) is 3.23. The highest BCUT2D eigenvalue weighted by Gasteiger charge is 2.39. The highest BCUT2D eigenvalue weighted by molar-refractivity contribution is 7.89. The summed E-state index contributed by atoms with van der Waals surface area (Å²) in [4.78, 5) is 29.2. The van der Waals surface area contributed by atoms with E-state index in [1.165, 1.54) is 4.31 Å². The lowest BCUT2D eigenvalue weighted by atomic mass is 10.1. The number of benzene rings is 1. The number of anilines is 1. The molecule has 0 spiro atoms. The number of aryl methyl sites for hydroxylation is 2. The van der Waals surface area contributed by atoms with Crippen LogP contribution < -0.4 is 9.64 Å². The van der Waals surface area contributed by atoms with Gasteiger partial charge in [-0.2, -0.15) is 4.31 Å². The molecule has 1 aromatic carbocycles. The molecular formula is C22H28N4O6S. The van der Waals surface area contributed by atoms with E-state index in [4.69, 9.17) is 9.26 Å². The molecule has 0 unspecified atom stereocenters. The maximum Gasteiger partial charge on any atom is 0.248 e. The van der Waals surface area contributed by atoms with E-state index in [-0.39, 0.29) is 42.0 Å². The predicted molar refractivity (Wildman–Crippen MR) is 119 cm³/mol. The highest BCUT2D eigenvalue weighted by atomic mass is 32.2. The normalized spacial score (nSPS) is 20.2. The summed E-state index contributed by atoms with van der Waals surface area (Å²) in [6, 6.07) is 7.19. The van der Waals surface area contributed by atoms with Crippen molar-refractivity contribution in [3.05, 3.63) is 35.7 Å². The van der Waals surface area contributed by atoms with Gasteiger partial charge in [-0.15, -0.1) is 0 Å². The number of carbonyl (C=O) groups excluding carboxylic acids is 2. The molecule has 1 atom stereocenters. The lowest BCUT2D eigenvalue weighted by Gasteiger charge is -2.24. The molecule has 11 heteroatoms. The molecule has 1 aromatic heterocycles. The number of nitrogens with zero attached hydrogens (tertiary/aromatic N) is 4. The Kier molecular flexibility index (Phi) is 6.44. The second-order valence-electron chi connectivity index (χ2n) is 8.34. The number of methoxy groups -OCH3 is 1. The van der Waals surface area contributed by atoms with Gasteiger partial charge >= 0.3 is 0 Å². The number of amides is 2. The maximum atomic E-state index is 13.2. The zero-order valence-corrected chi connectivity index (χ0v) is 19.8. The van der Waals surface area contributed by atoms with Gasteiger partial charge in [0, 0.05) is 50.9 Å². The average molecular weight is 477 g/mol. The van der Waals surface area contributed by atoms with Crippen LogP contribution in [0.5, 0.6) is 5.75 Å². The Bertz CT molecular complexity index is 1140. The third-order valence-corrected chi connectivity index (χ3v) is 8.32. The lowest BCUT2D eigenvalue weighted by molar-refractivity contribution is -0.135. The summed E-state index contributed by atoms with van der Waals surface area (Å²) in [5.41, 5.74) is 1.02. The number of hydrogen-bond donors (Lipinski definition) is 0. The maximum absolute atomic E-state index is 13.2. The monoisotopic (exact) mass is 476 g/mol. The summed E-state index contributed by atoms with van der Waals surface area (Å²) in [6.07, 6.45) is 0.641. The number of rotatable bonds is 5. The van der Waals surface area contributed by atoms with E-state index in [0.29, 0.717) is 43.2 Å². The molecule has 0 aliphatic carbocycles. The summed E-state index contributed by atoms with van der Waals surface area (Å²) in [5.74, 6) is 0.202. The molecule has 2 aliphatic rings. The van der Waals surface area contributed by atoms with Gasteiger partial charge < -0.3 is 19.1 Å². The van der Waals surface area contributed by atoms with E-state index < -0.39 is 15.9 Å². The van der Waals surface area contributed by atoms with Crippen LogP contribution in [0.3, 0.4) is 0 Å². The Balaban J connectivity index is 1.43. The first-order chi connectivity index (χ1) is 15.7. The SMILES string of the molecule is COc1cccc(N2C[C@H](C(=O)N3CCCN(S(=O)(=O)c4c(C)noc4C)CC3)CC2=O)c1. The van der Waals surface area contributed by atoms with Gasteiger partial charge in [0.25, 0.3) is 0 Å². The topological polar surface area (TPSA) is 113 Å². The van der Waals surface area contributed by atoms with Crippen molar-refractivity contribution in [2.75, 3.05) is 44.7 Å². The van der Waals surface area contributed by atoms with Crippen LogP contribution >= 0.6 is 0 Å². The summed E-state index contributed by atoms with van der Waals surface area (Å²) in [6.45, 7) is 4.66. The number of hydrogen-bond acceptors (Lipinski definition) is 7. The molecule has 2 aliphatic heterocycles. The number of sulfonamides is 1. The summed E-state index contributed by atoms with van der Waals surface area (Å²) < 4.78 is 37.9. The molecule has 0 saturated carbocycles. The fourth-order valence-electron chi connectivity index (χ4n) is 4.49. The Morgan fingerprint density at radius 1 is 1.18 bits per heavy atom. The Morgan fingerprint density at radius 2 is 1.97 bits per heavy atom. The van der Waals surface area contributed by atoms with Crippen LogP contribution in [0, 0.1) is 19.8 Å². The van der Waals surface area contributed by atoms with E-state index in [9.17, 15) is 18.0 Å². The van der Waals surface area contributed by atoms with Crippen LogP contribution in [-0.4, -0.2) is 74.4 Å². The van der Waals surface area contributed by atoms with Gasteiger partial charge in [-0.25, -0.2) is 8.42 Å². The molecule has 10 nitrogen and oxygen atoms in total. The van der Waals surface area contributed by atoms with Crippen molar-refractivity contribution in [1.82, 2.24) is 14.4 Å². The third kappa shape index (κ3) is 4.47. The summed E-state index contributed by atoms with van der Waals surface area (Å²) in [7, 11) is -2.21. The third-order valence-electron chi connectivity index (χ3n) is 6.17. The van der Waals surface area contributed by atoms with Crippen LogP contribution in [-0.2, 0) is 19.6 Å². The molecule has 2 saturated heterocycles. The van der Waals surface area contributed by atoms with Gasteiger partial charge in [-0.1, -0.05) is 11.2 Å². The second-order valence-corrected chi connectivity index (χ2v) is 10.2. The summed E-state index contributed by atoms with van der Waals surface area (Å²) in [5, 5.41) is 3.76. The van der Waals surface area contributed by atoms with Crippen molar-refractivity contribution in [3.8, 4) is 5.75 Å². The van der Waals surface area contributed by atoms with E-state index in [0.717, 1.165) is 0 Å². The largest absolute Gasteiger partial charge is 0.497 e. The molecular weight excluding hydrogens is 448 g/mol. The van der Waals surface area contributed by atoms with Crippen molar-refractivity contribution in [1.29, 1.82) is 0 Å². The van der Waals surface area contributed by atoms with Gasteiger partial charge in [0.2, 0.25) is 21.8 Å². The molecule has 4 rings (SSSR count). The van der Waals surface area contributed by atoms with E-state index in [2.05, 4.69) is 5.16 Å². The predicted octanol–water partition coefficient (Wildman–Crippen LogP) is 1.58. The van der Waals surface area contributed by atoms with Gasteiger partial charge in [0.15, 0.2) is 5.76 Å². The molecule has 0 radical (unpaired) electrons. The first-order valence-electron chi connectivity index (χ1n) is 10.9. The van der Waals surface area contributed by atoms with Gasteiger partial charge in [-0.05, 0) is 32.4 Å². The van der Waals surface area contributed by atoms with Gasteiger partial charge in [0.05, 0.1) is 13.0 Å². The molecule has 2 fully saturated rings. The van der Waals surface area contributed by atoms with Gasteiger partial charge in [-0.3, -0.25) is 9.59 Å². The molecule has 33 heavy (non-hydrogen) atoms. The van der Waals surface area contributed by atoms with Crippen molar-refractivity contribution in [2.45, 2.75) is 31.6 Å². The minimum Gasteiger partial charge on any atom is -0.497 e. The fourth-order valence-corrected chi connectivity index (χ4v) is 6.25. The number of ether oxygens (including phenoxy) is 1. The molecule has 2 amide bonds. The van der Waals surface area contributed by atoms with Crippen LogP contribution in [0.4, 0.5) is 5.69 Å². The minimum atomic E-state index is -3.77. The Morgan fingerprint density at radius 3 is 2.67 bits per heavy atom. The standard InChI is InChI=1S/C22H28N4O6S/c1-15-21(16(2)32-23-15)33(29,30)25-9-5-8-24(10-11-25)22(28)17-12-20(27)26(14-17)18-6-4-7-19(13-18)31-3/h4,6-7,13,17H,5,8-12,14H2,1-3H3/t17-/m1/s1. The Labute approximate surface area is 193 Å². The van der Waals surface area contributed by atoms with Gasteiger partial charge in [0.1, 0.15) is 16.3 Å². The van der Waals surface area contributed by atoms with Crippen LogP contribution in [0.2, 0.25) is 0 Å². The van der Waals surface area contributed by atoms with Crippen molar-refractivity contribution < 1.29 is 27.3 Å². The molecule has 3 heterocycles. The Hall–Kier alpha value is -2.92. The molecule has 0 N–H and O–H groups in total. The van der Waals surface area contributed by atoms with E-state index in [1.54, 1.807) is 49.0 Å². The van der Waals surface area contributed by atoms with Crippen LogP contribution in [0.15, 0.2) is 33.7 Å². The second kappa shape index (κ2) is 9.14. The minimum absolute atomic E-state index is 0.0950. The summed E-state index contributed by atoms with van der Waals surface area (Å²) >= 11 is 0. The first-order valence-corrected chi connectivity index (χ1v) is 12.3. The smallest absolute Gasteiger partial charge is 0.248 e. The zero-order chi connectivity index (χ0) is 23.8. The van der Waals surface area contributed by atoms with Crippen molar-refractivity contribution >= 4 is 27.5 Å². The highest BCUT2D eigenvalue weighted by Crippen LogP contribution is 2.29. The zero-order valence-electron chi connectivity index (χ0n) is 19.0. The molecule has 2 aromatic rings. The van der Waals surface area contributed by atoms with Crippen molar-refractivity contribution in [2.24, 2.45) is 5.92 Å². The fraction of sp³-hybridized carbons (Fsp3) is 0.500. The first kappa shape index (κ1) is 23.2. The quantitative estimate of drug-likeness (QED) is 0.644. The van der Waals surface area contributed by atoms with Crippen LogP contribution in [0.1, 0.15) is 24.3 Å². The lowest BCUT2D eigenvalue weighted by Crippen LogP contribution is -2.40. The number of aromatic nitrogens is 1. The number of carbonyl (C=O) groups is 2. The molecule has 0 bridgehead atoms. The van der Waals surface area contributed by atoms with Crippen LogP contribution in [0.25, 0.3) is 0 Å². The molecule has 178 valence electrons. The van der Waals surface area contributed by atoms with E-state index in [1.807, 2.05) is 6.07 Å². The van der Waals surface area contributed by atoms with E-state index >= 15 is 0 Å².